The summed E-state index contributed by atoms with van der Waals surface area (Å²) in [5, 5.41) is 2.84. The minimum absolute atomic E-state index is 0.0714. The maximum absolute atomic E-state index is 13.4. The molecule has 0 bridgehead atoms. The van der Waals surface area contributed by atoms with Crippen molar-refractivity contribution in [2.24, 2.45) is 11.7 Å². The van der Waals surface area contributed by atoms with Crippen molar-refractivity contribution >= 4 is 17.7 Å². The number of benzene rings is 2. The summed E-state index contributed by atoms with van der Waals surface area (Å²) in [6.45, 7) is 3.58. The lowest BCUT2D eigenvalue weighted by atomic mass is 10.1. The van der Waals surface area contributed by atoms with Gasteiger partial charge in [-0.1, -0.05) is 48.0 Å². The van der Waals surface area contributed by atoms with Gasteiger partial charge < -0.3 is 20.9 Å². The number of nitrogens with two attached hydrogens (primary N) is 1. The van der Waals surface area contributed by atoms with Gasteiger partial charge in [-0.3, -0.25) is 14.4 Å². The minimum Gasteiger partial charge on any atom is -0.353 e. The van der Waals surface area contributed by atoms with Gasteiger partial charge in [-0.15, -0.1) is 0 Å². The molecule has 4 rings (SSSR count). The van der Waals surface area contributed by atoms with Gasteiger partial charge in [0.15, 0.2) is 0 Å². The number of nitrogens with zero attached hydrogens (tertiary/aromatic N) is 2. The summed E-state index contributed by atoms with van der Waals surface area (Å²) in [5.41, 5.74) is 8.36. The van der Waals surface area contributed by atoms with Crippen LogP contribution in [0.4, 0.5) is 0 Å². The molecule has 2 unspecified atom stereocenters. The highest BCUT2D eigenvalue weighted by atomic mass is 16.2. The zero-order valence-corrected chi connectivity index (χ0v) is 19.8. The van der Waals surface area contributed by atoms with Crippen molar-refractivity contribution in [1.82, 2.24) is 15.1 Å². The van der Waals surface area contributed by atoms with E-state index in [0.29, 0.717) is 38.2 Å². The molecule has 0 spiro atoms. The highest BCUT2D eigenvalue weighted by Gasteiger charge is 2.45. The van der Waals surface area contributed by atoms with Crippen LogP contribution in [0.1, 0.15) is 40.7 Å². The van der Waals surface area contributed by atoms with Crippen LogP contribution in [0.3, 0.4) is 0 Å². The van der Waals surface area contributed by atoms with E-state index in [1.807, 2.05) is 42.2 Å². The molecule has 2 aromatic carbocycles. The number of amides is 3. The van der Waals surface area contributed by atoms with E-state index in [-0.39, 0.29) is 29.7 Å². The van der Waals surface area contributed by atoms with E-state index in [1.165, 1.54) is 5.56 Å². The van der Waals surface area contributed by atoms with Crippen LogP contribution in [0, 0.1) is 12.8 Å². The summed E-state index contributed by atoms with van der Waals surface area (Å²) >= 11 is 0. The fourth-order valence-corrected chi connectivity index (χ4v) is 4.62. The average molecular weight is 463 g/mol. The third-order valence-corrected chi connectivity index (χ3v) is 6.72. The lowest BCUT2D eigenvalue weighted by Gasteiger charge is -2.29. The lowest BCUT2D eigenvalue weighted by Crippen LogP contribution is -2.47. The van der Waals surface area contributed by atoms with Crippen molar-refractivity contribution in [2.45, 2.75) is 44.7 Å². The molecule has 0 radical (unpaired) electrons. The van der Waals surface area contributed by atoms with E-state index < -0.39 is 6.04 Å². The van der Waals surface area contributed by atoms with Crippen LogP contribution in [0.15, 0.2) is 54.6 Å². The Morgan fingerprint density at radius 2 is 1.76 bits per heavy atom. The smallest absolute Gasteiger partial charge is 0.254 e. The van der Waals surface area contributed by atoms with Gasteiger partial charge in [0.25, 0.3) is 5.91 Å². The van der Waals surface area contributed by atoms with Gasteiger partial charge in [-0.05, 0) is 50.3 Å². The van der Waals surface area contributed by atoms with Crippen molar-refractivity contribution in [3.8, 4) is 0 Å². The first-order valence-electron chi connectivity index (χ1n) is 12.2. The molecule has 180 valence electrons. The van der Waals surface area contributed by atoms with Crippen LogP contribution >= 0.6 is 0 Å². The van der Waals surface area contributed by atoms with E-state index in [4.69, 9.17) is 5.73 Å². The first kappa shape index (κ1) is 24.0. The van der Waals surface area contributed by atoms with Crippen LogP contribution in [0.5, 0.6) is 0 Å². The summed E-state index contributed by atoms with van der Waals surface area (Å²) in [6.07, 6.45) is 3.01. The summed E-state index contributed by atoms with van der Waals surface area (Å²) in [6, 6.07) is 16.7. The molecule has 3 amide bonds. The Hall–Kier alpha value is -3.19. The molecule has 2 fully saturated rings. The first-order valence-corrected chi connectivity index (χ1v) is 12.2. The number of carbonyl (C=O) groups is 3. The van der Waals surface area contributed by atoms with E-state index in [2.05, 4.69) is 17.4 Å². The normalized spacial score (nSPS) is 19.6. The van der Waals surface area contributed by atoms with Gasteiger partial charge >= 0.3 is 0 Å². The highest BCUT2D eigenvalue weighted by molar-refractivity contribution is 5.98. The summed E-state index contributed by atoms with van der Waals surface area (Å²) in [4.78, 5) is 43.2. The zero-order chi connectivity index (χ0) is 24.1. The first-order chi connectivity index (χ1) is 16.5. The van der Waals surface area contributed by atoms with E-state index >= 15 is 0 Å². The molecule has 3 N–H and O–H groups in total. The summed E-state index contributed by atoms with van der Waals surface area (Å²) in [7, 11) is 0. The highest BCUT2D eigenvalue weighted by Crippen LogP contribution is 2.34. The number of likely N-dealkylation sites (tertiary alicyclic amines) is 1. The van der Waals surface area contributed by atoms with Gasteiger partial charge in [-0.25, -0.2) is 0 Å². The fraction of sp³-hybridized carbons (Fsp3) is 0.444. The molecule has 2 aromatic rings. The number of aryl methyl sites for hydroxylation is 1. The SMILES string of the molecule is Cc1ccc(C(=O)N2CC(N(CCc3ccccc3)C(=O)C3CC3)CC2C(=O)NCCN)cc1. The standard InChI is InChI=1S/C27H34N4O3/c1-19-7-9-21(10-8-19)27(34)31-18-23(17-24(31)25(32)29-15-14-28)30(26(33)22-11-12-22)16-13-20-5-3-2-4-6-20/h2-10,22-24H,11-18,28H2,1H3,(H,29,32). The average Bonchev–Trinajstić information content (AvgIpc) is 3.62. The molecular formula is C27H34N4O3. The number of rotatable bonds is 9. The molecule has 2 atom stereocenters. The molecule has 0 aromatic heterocycles. The minimum atomic E-state index is -0.628. The molecule has 1 saturated heterocycles. The largest absolute Gasteiger partial charge is 0.353 e. The Morgan fingerprint density at radius 3 is 2.41 bits per heavy atom. The quantitative estimate of drug-likeness (QED) is 0.597. The number of carbonyl (C=O) groups excluding carboxylic acids is 3. The van der Waals surface area contributed by atoms with E-state index in [1.54, 1.807) is 17.0 Å². The van der Waals surface area contributed by atoms with Gasteiger partial charge in [-0.2, -0.15) is 0 Å². The van der Waals surface area contributed by atoms with Gasteiger partial charge in [0.05, 0.1) is 6.04 Å². The molecule has 1 aliphatic carbocycles. The topological polar surface area (TPSA) is 95.7 Å². The number of nitrogens with one attached hydrogen (secondary N) is 1. The van der Waals surface area contributed by atoms with E-state index in [0.717, 1.165) is 24.8 Å². The predicted molar refractivity (Wildman–Crippen MR) is 131 cm³/mol. The lowest BCUT2D eigenvalue weighted by molar-refractivity contribution is -0.135. The summed E-state index contributed by atoms with van der Waals surface area (Å²) < 4.78 is 0. The molecule has 1 aliphatic heterocycles. The van der Waals surface area contributed by atoms with Gasteiger partial charge in [0, 0.05) is 37.7 Å². The van der Waals surface area contributed by atoms with Crippen molar-refractivity contribution in [2.75, 3.05) is 26.2 Å². The van der Waals surface area contributed by atoms with Crippen LogP contribution < -0.4 is 11.1 Å². The molecule has 1 saturated carbocycles. The molecule has 7 nitrogen and oxygen atoms in total. The number of hydrogen-bond donors (Lipinski definition) is 2. The summed E-state index contributed by atoms with van der Waals surface area (Å²) in [5.74, 6) is -0.179. The molecule has 1 heterocycles. The molecule has 2 aliphatic rings. The molecule has 7 heteroatoms. The van der Waals surface area contributed by atoms with Gasteiger partial charge in [0.1, 0.15) is 6.04 Å². The van der Waals surface area contributed by atoms with Crippen LogP contribution in [-0.2, 0) is 16.0 Å². The van der Waals surface area contributed by atoms with Gasteiger partial charge in [0.2, 0.25) is 11.8 Å². The zero-order valence-electron chi connectivity index (χ0n) is 19.8. The monoisotopic (exact) mass is 462 g/mol. The third-order valence-electron chi connectivity index (χ3n) is 6.72. The van der Waals surface area contributed by atoms with Crippen LogP contribution in [-0.4, -0.2) is 65.8 Å². The maximum atomic E-state index is 13.4. The maximum Gasteiger partial charge on any atom is 0.254 e. The Bertz CT molecular complexity index is 1000. The van der Waals surface area contributed by atoms with Crippen molar-refractivity contribution in [3.63, 3.8) is 0 Å². The Balaban J connectivity index is 1.55. The molecular weight excluding hydrogens is 428 g/mol. The van der Waals surface area contributed by atoms with Crippen molar-refractivity contribution in [3.05, 3.63) is 71.3 Å². The Morgan fingerprint density at radius 1 is 1.06 bits per heavy atom. The second-order valence-electron chi connectivity index (χ2n) is 9.35. The number of hydrogen-bond acceptors (Lipinski definition) is 4. The van der Waals surface area contributed by atoms with Crippen LogP contribution in [0.25, 0.3) is 0 Å². The second kappa shape index (κ2) is 10.8. The van der Waals surface area contributed by atoms with Crippen molar-refractivity contribution < 1.29 is 14.4 Å². The predicted octanol–water partition coefficient (Wildman–Crippen LogP) is 2.13. The van der Waals surface area contributed by atoms with Crippen LogP contribution in [0.2, 0.25) is 0 Å². The fourth-order valence-electron chi connectivity index (χ4n) is 4.62. The van der Waals surface area contributed by atoms with E-state index in [9.17, 15) is 14.4 Å². The second-order valence-corrected chi connectivity index (χ2v) is 9.35. The third kappa shape index (κ3) is 5.65. The molecule has 34 heavy (non-hydrogen) atoms. The van der Waals surface area contributed by atoms with Crippen molar-refractivity contribution in [1.29, 1.82) is 0 Å². The Labute approximate surface area is 201 Å². The Kier molecular flexibility index (Phi) is 7.63.